The molecule has 16 heteroatoms. The van der Waals surface area contributed by atoms with Crippen LogP contribution in [0.15, 0.2) is 0 Å². The molecule has 0 spiro atoms. The second-order valence-corrected chi connectivity index (χ2v) is 9.71. The van der Waals surface area contributed by atoms with Gasteiger partial charge in [0.2, 0.25) is 0 Å². The van der Waals surface area contributed by atoms with Gasteiger partial charge in [0.25, 0.3) is 0 Å². The molecule has 0 aliphatic carbocycles. The van der Waals surface area contributed by atoms with Crippen LogP contribution in [-0.4, -0.2) is 256 Å². The molecule has 0 saturated heterocycles. The lowest BCUT2D eigenvalue weighted by atomic mass is 10.4. The van der Waals surface area contributed by atoms with Gasteiger partial charge in [-0.2, -0.15) is 0 Å². The van der Waals surface area contributed by atoms with E-state index in [1.807, 2.05) is 14.1 Å². The molecule has 0 saturated carbocycles. The van der Waals surface area contributed by atoms with Gasteiger partial charge < -0.3 is 85.1 Å². The Balaban J connectivity index is -0.000000178. The van der Waals surface area contributed by atoms with Gasteiger partial charge in [0.15, 0.2) is 0 Å². The molecule has 16 N–H and O–H groups in total. The van der Waals surface area contributed by atoms with Crippen LogP contribution in [0.3, 0.4) is 0 Å². The van der Waals surface area contributed by atoms with Crippen molar-refractivity contribution < 1.29 is 71.3 Å². The summed E-state index contributed by atoms with van der Waals surface area (Å²) < 4.78 is 370. The van der Waals surface area contributed by atoms with Crippen molar-refractivity contribution in [2.24, 2.45) is 45.9 Å². The van der Waals surface area contributed by atoms with Gasteiger partial charge in [0, 0.05) is 71.3 Å². The van der Waals surface area contributed by atoms with Crippen molar-refractivity contribution in [3.8, 4) is 0 Å². The van der Waals surface area contributed by atoms with Gasteiger partial charge in [-0.3, -0.25) is 0 Å². The van der Waals surface area contributed by atoms with Gasteiger partial charge in [-0.05, 0) is 268 Å². The lowest BCUT2D eigenvalue weighted by Gasteiger charge is -2.05. The summed E-state index contributed by atoms with van der Waals surface area (Å²) in [6.07, 6.45) is -12.7. The zero-order valence-corrected chi connectivity index (χ0v) is 34.3. The minimum atomic E-state index is -3.69. The molecule has 0 heterocycles. The Morgan fingerprint density at radius 1 is 0.304 bits per heavy atom. The topological polar surface area (TPSA) is 234 Å². The average Bonchev–Trinajstić information content (AvgIpc) is 0.736. The molecule has 0 rings (SSSR count). The van der Waals surface area contributed by atoms with E-state index in [0.717, 1.165) is 4.90 Å². The first-order valence-electron chi connectivity index (χ1n) is 41.7. The van der Waals surface area contributed by atoms with Crippen molar-refractivity contribution in [2.45, 2.75) is 51.1 Å². The summed E-state index contributed by atoms with van der Waals surface area (Å²) in [6, 6.07) is 0. The first kappa shape index (κ1) is 16.6. The Labute approximate surface area is 426 Å². The van der Waals surface area contributed by atoms with Crippen molar-refractivity contribution in [2.75, 3.05) is 216 Å². The first-order chi connectivity index (χ1) is 45.9. The second-order valence-electron chi connectivity index (χ2n) is 9.71. The van der Waals surface area contributed by atoms with Gasteiger partial charge in [0.05, 0.1) is 0 Å². The number of hydrogen-bond acceptors (Lipinski definition) is 16. The molecule has 0 fully saturated rings. The van der Waals surface area contributed by atoms with Crippen LogP contribution in [0.25, 0.3) is 0 Å². The van der Waals surface area contributed by atoms with Crippen LogP contribution in [0, 0.1) is 0 Å². The minimum Gasteiger partial charge on any atom is -0.330 e. The van der Waals surface area contributed by atoms with Gasteiger partial charge >= 0.3 is 0 Å². The van der Waals surface area contributed by atoms with Gasteiger partial charge in [-0.15, -0.1) is 0 Å². The first-order valence-corrected chi connectivity index (χ1v) is 15.7. The highest BCUT2D eigenvalue weighted by Gasteiger charge is 1.88. The van der Waals surface area contributed by atoms with E-state index in [9.17, 15) is 0 Å². The van der Waals surface area contributed by atoms with Crippen molar-refractivity contribution >= 4 is 0 Å². The van der Waals surface area contributed by atoms with Crippen LogP contribution in [0.4, 0.5) is 0 Å². The molecule has 56 heavy (non-hydrogen) atoms. The summed E-state index contributed by atoms with van der Waals surface area (Å²) >= 11 is 0. The summed E-state index contributed by atoms with van der Waals surface area (Å²) in [5.41, 5.74) is 40.2. The second kappa shape index (κ2) is 69.0. The fourth-order valence-electron chi connectivity index (χ4n) is 1.48. The van der Waals surface area contributed by atoms with E-state index >= 15 is 0 Å². The Kier molecular flexibility index (Phi) is 20.4. The van der Waals surface area contributed by atoms with Crippen LogP contribution < -0.4 is 45.9 Å². The third kappa shape index (κ3) is 149. The van der Waals surface area contributed by atoms with Crippen LogP contribution >= 0.6 is 0 Å². The highest BCUT2D eigenvalue weighted by molar-refractivity contribution is 4.46. The maximum Gasteiger partial charge on any atom is 0.0431 e. The Hall–Kier alpha value is -0.640. The Morgan fingerprint density at radius 2 is 0.625 bits per heavy atom. The molecule has 0 bridgehead atoms. The maximum absolute atomic E-state index is 7.43. The van der Waals surface area contributed by atoms with Crippen molar-refractivity contribution in [1.29, 1.82) is 0 Å². The lowest BCUT2D eigenvalue weighted by molar-refractivity contribution is 0.403. The summed E-state index contributed by atoms with van der Waals surface area (Å²) in [4.78, 5) is 4.90. The standard InChI is InChI=1S/8C5H14N2/c8*1-7(2)5-3-4-6/h8*3-6H2,1-2H3/i1D3,2D3,3D2,4D2,5D2;1D3,2D3,4D2,5D2;3D2,4D2,5D2;1D3,2D3,3D2;4D2,5D2;3D2,5D2;1D3,2D3;3D2. The molecule has 0 unspecified atom stereocenters. The predicted octanol–water partition coefficient (Wildman–Crippen LogP) is -0.826. The largest absolute Gasteiger partial charge is 0.330 e. The molecule has 0 aromatic rings. The van der Waals surface area contributed by atoms with Gasteiger partial charge in [-0.25, -0.2) is 0 Å². The van der Waals surface area contributed by atoms with Gasteiger partial charge in [-0.1, -0.05) is 0 Å². The molecular weight excluding hydrogens is 705 g/mol. The third-order valence-electron chi connectivity index (χ3n) is 3.41. The van der Waals surface area contributed by atoms with Crippen molar-refractivity contribution in [3.63, 3.8) is 0 Å². The molecule has 0 aliphatic rings. The monoisotopic (exact) mass is 869 g/mol. The van der Waals surface area contributed by atoms with E-state index < -0.39 is 171 Å². The van der Waals surface area contributed by atoms with E-state index in [1.54, 1.807) is 19.0 Å². The third-order valence-corrected chi connectivity index (χ3v) is 3.41. The average molecular weight is 870 g/mol. The zero-order chi connectivity index (χ0) is 90.7. The molecular formula is C40H112N16. The van der Waals surface area contributed by atoms with E-state index in [0.29, 0.717) is 17.9 Å². The molecule has 0 radical (unpaired) electrons. The molecule has 0 aliphatic heterocycles. The number of rotatable bonds is 24. The predicted molar refractivity (Wildman–Crippen MR) is 258 cm³/mol. The summed E-state index contributed by atoms with van der Waals surface area (Å²) in [7, 11) is 12.4. The highest BCUT2D eigenvalue weighted by atomic mass is 15.1. The molecule has 0 amide bonds. The summed E-state index contributed by atoms with van der Waals surface area (Å²) in [5.74, 6) is 0. The Bertz CT molecular complexity index is 2390. The maximum atomic E-state index is 7.43. The number of hydrogen-bond donors (Lipinski definition) is 8. The van der Waals surface area contributed by atoms with E-state index in [2.05, 4.69) is 0 Å². The number of nitrogens with zero attached hydrogens (tertiary/aromatic N) is 8. The number of nitrogens with two attached hydrogens (primary N) is 8. The smallest absolute Gasteiger partial charge is 0.0431 e. The van der Waals surface area contributed by atoms with Crippen molar-refractivity contribution in [1.82, 2.24) is 39.2 Å². The normalized spacial score (nSPS) is 29.4. The molecule has 16 nitrogen and oxygen atoms in total. The van der Waals surface area contributed by atoms with Crippen LogP contribution in [0.1, 0.15) is 122 Å². The van der Waals surface area contributed by atoms with E-state index in [1.165, 1.54) is 38.0 Å². The zero-order valence-electron chi connectivity index (χ0n) is 86.3. The fourth-order valence-corrected chi connectivity index (χ4v) is 1.48. The Morgan fingerprint density at radius 3 is 0.875 bits per heavy atom. The van der Waals surface area contributed by atoms with Crippen LogP contribution in [-0.2, 0) is 0 Å². The van der Waals surface area contributed by atoms with Crippen LogP contribution in [0.2, 0.25) is 0 Å². The fraction of sp³-hybridized carbons (Fsp3) is 1.00. The van der Waals surface area contributed by atoms with E-state index in [-0.39, 0.29) is 42.4 Å². The molecule has 352 valence electrons. The summed E-state index contributed by atoms with van der Waals surface area (Å²) in [6.45, 7) is -48.4. The highest BCUT2D eigenvalue weighted by Crippen LogP contribution is 1.80. The van der Waals surface area contributed by atoms with E-state index in [4.69, 9.17) is 117 Å². The molecule has 0 atom stereocenters. The van der Waals surface area contributed by atoms with Crippen molar-refractivity contribution in [3.05, 3.63) is 0 Å². The quantitative estimate of drug-likeness (QED) is 0.0592. The molecule has 0 aromatic carbocycles. The lowest BCUT2D eigenvalue weighted by Crippen LogP contribution is -2.16. The summed E-state index contributed by atoms with van der Waals surface area (Å²) in [5, 5.41) is 0. The van der Waals surface area contributed by atoms with Crippen LogP contribution in [0.5, 0.6) is 0 Å². The molecule has 0 aromatic heterocycles. The SMILES string of the molecule is [2H]C([2H])(CN)C([2H])([2H])N(C)C.[2H]C([2H])(CN)CN(C([2H])([2H])[2H])C([2H])([2H])[2H].[2H]C([2H])(CN)CN(C)C.[2H]C([2H])(N)C([2H])([2H])C([2H])([2H])N(C)C.[2H]C([2H])(N)CC([2H])([2H])N(C([2H])([2H])[2H])C([2H])([2H])[2H].[2H]C([2H])(N)CC([2H])([2H])N(C)C.[2H]C([2H])([2H])N(C([2H])([2H])[2H])C([2H])([2H])C([2H])([2H])C([2H])([2H])N.[2H]C([2H])([2H])N(CCCN)C([2H])([2H])[2H]. The van der Waals surface area contributed by atoms with Gasteiger partial charge in [0.1, 0.15) is 0 Å². The minimum absolute atomic E-state index is 0.0382.